The number of nitrogens with two attached hydrogens (primary N) is 1. The molecule has 2 atom stereocenters. The number of aryl methyl sites for hydroxylation is 1. The van der Waals surface area contributed by atoms with Crippen LogP contribution in [-0.2, 0) is 6.18 Å². The Labute approximate surface area is 255 Å². The van der Waals surface area contributed by atoms with E-state index in [1.807, 2.05) is 11.9 Å². The number of aromatic nitrogens is 3. The monoisotopic (exact) mass is 638 g/mol. The van der Waals surface area contributed by atoms with Gasteiger partial charge in [0.1, 0.15) is 29.9 Å². The number of benzene rings is 1. The van der Waals surface area contributed by atoms with Crippen LogP contribution in [0.25, 0.3) is 22.2 Å². The summed E-state index contributed by atoms with van der Waals surface area (Å²) in [4.78, 5) is 17.1. The first-order valence-corrected chi connectivity index (χ1v) is 15.2. The van der Waals surface area contributed by atoms with Crippen molar-refractivity contribution >= 4 is 34.1 Å². The van der Waals surface area contributed by atoms with Gasteiger partial charge >= 0.3 is 12.2 Å². The molecule has 0 radical (unpaired) electrons. The van der Waals surface area contributed by atoms with Gasteiger partial charge < -0.3 is 20.1 Å². The minimum Gasteiger partial charge on any atom is -0.491 e. The Morgan fingerprint density at radius 1 is 1.16 bits per heavy atom. The second-order valence-corrected chi connectivity index (χ2v) is 12.9. The minimum atomic E-state index is -4.89. The van der Waals surface area contributed by atoms with E-state index < -0.39 is 40.5 Å². The molecule has 0 unspecified atom stereocenters. The van der Waals surface area contributed by atoms with Crippen LogP contribution in [-0.4, -0.2) is 70.5 Å². The standard InChI is InChI=1S/C30H32ClF5N6O2/c1-15-11-17(37)38-23(20(15)30(34,35)36)18-21(31)25-19-24(22(18)33)39-27(44-14-29-7-4-9-42(29)13-16(32)12-29)40-26(19)41(2)28(5-3-6-28)8-10-43-25/h11,16H,3-10,12-14H2,1-2H3,(H2,37,38)/t16-,29+/m1/s1. The molecule has 1 aliphatic carbocycles. The van der Waals surface area contributed by atoms with Gasteiger partial charge in [-0.15, -0.1) is 0 Å². The molecular formula is C30H32ClF5N6O2. The highest BCUT2D eigenvalue weighted by atomic mass is 35.5. The van der Waals surface area contributed by atoms with Crippen molar-refractivity contribution in [2.24, 2.45) is 0 Å². The molecule has 2 aromatic heterocycles. The number of anilines is 2. The normalized spacial score (nSPS) is 24.6. The third kappa shape index (κ3) is 4.44. The molecule has 2 saturated heterocycles. The van der Waals surface area contributed by atoms with Crippen molar-refractivity contribution in [1.29, 1.82) is 0 Å². The van der Waals surface area contributed by atoms with Gasteiger partial charge in [0.05, 0.1) is 39.4 Å². The Morgan fingerprint density at radius 3 is 2.64 bits per heavy atom. The fourth-order valence-corrected chi connectivity index (χ4v) is 8.00. The van der Waals surface area contributed by atoms with Crippen LogP contribution in [0.4, 0.5) is 33.6 Å². The molecule has 2 N–H and O–H groups in total. The summed E-state index contributed by atoms with van der Waals surface area (Å²) in [5, 5.41) is -0.244. The van der Waals surface area contributed by atoms with Crippen LogP contribution in [0, 0.1) is 12.7 Å². The Balaban J connectivity index is 1.45. The van der Waals surface area contributed by atoms with Crippen LogP contribution in [0.5, 0.6) is 11.8 Å². The number of hydrogen-bond acceptors (Lipinski definition) is 8. The number of hydrogen-bond donors (Lipinski definition) is 1. The fraction of sp³-hybridized carbons (Fsp3) is 0.567. The molecule has 14 heteroatoms. The molecule has 0 bridgehead atoms. The summed E-state index contributed by atoms with van der Waals surface area (Å²) >= 11 is 6.75. The number of ether oxygens (including phenoxy) is 2. The minimum absolute atomic E-state index is 0.0349. The molecule has 1 aromatic carbocycles. The van der Waals surface area contributed by atoms with Crippen LogP contribution in [0.2, 0.25) is 5.02 Å². The first-order valence-electron chi connectivity index (χ1n) is 14.8. The molecule has 7 rings (SSSR count). The van der Waals surface area contributed by atoms with Gasteiger partial charge in [0.25, 0.3) is 0 Å². The second kappa shape index (κ2) is 10.2. The van der Waals surface area contributed by atoms with Gasteiger partial charge in [0.15, 0.2) is 11.6 Å². The third-order valence-electron chi connectivity index (χ3n) is 10.1. The summed E-state index contributed by atoms with van der Waals surface area (Å²) in [7, 11) is 1.85. The van der Waals surface area contributed by atoms with Crippen molar-refractivity contribution in [2.75, 3.05) is 44.0 Å². The molecule has 1 saturated carbocycles. The quantitative estimate of drug-likeness (QED) is 0.325. The van der Waals surface area contributed by atoms with Crippen molar-refractivity contribution in [3.05, 3.63) is 28.0 Å². The first-order chi connectivity index (χ1) is 20.8. The van der Waals surface area contributed by atoms with Gasteiger partial charge in [-0.2, -0.15) is 23.1 Å². The van der Waals surface area contributed by atoms with Crippen molar-refractivity contribution in [1.82, 2.24) is 19.9 Å². The van der Waals surface area contributed by atoms with Gasteiger partial charge in [-0.05, 0) is 57.2 Å². The van der Waals surface area contributed by atoms with Crippen LogP contribution in [0.15, 0.2) is 6.07 Å². The van der Waals surface area contributed by atoms with Crippen molar-refractivity contribution < 1.29 is 31.4 Å². The van der Waals surface area contributed by atoms with E-state index in [1.165, 1.54) is 6.92 Å². The Hall–Kier alpha value is -3.19. The van der Waals surface area contributed by atoms with Crippen LogP contribution >= 0.6 is 11.6 Å². The molecule has 44 heavy (non-hydrogen) atoms. The van der Waals surface area contributed by atoms with E-state index in [0.29, 0.717) is 25.2 Å². The summed E-state index contributed by atoms with van der Waals surface area (Å²) in [5.41, 5.74) is 1.95. The molecule has 0 amide bonds. The zero-order valence-corrected chi connectivity index (χ0v) is 25.1. The molecule has 3 fully saturated rings. The number of halogens is 6. The highest BCUT2D eigenvalue weighted by Crippen LogP contribution is 2.53. The highest BCUT2D eigenvalue weighted by Gasteiger charge is 2.50. The lowest BCUT2D eigenvalue weighted by Crippen LogP contribution is -2.54. The van der Waals surface area contributed by atoms with E-state index in [9.17, 15) is 17.6 Å². The number of alkyl halides is 4. The lowest BCUT2D eigenvalue weighted by molar-refractivity contribution is -0.137. The van der Waals surface area contributed by atoms with E-state index >= 15 is 4.39 Å². The summed E-state index contributed by atoms with van der Waals surface area (Å²) in [6.07, 6.45) is -0.622. The van der Waals surface area contributed by atoms with Crippen LogP contribution < -0.4 is 20.1 Å². The Kier molecular flexibility index (Phi) is 6.82. The summed E-state index contributed by atoms with van der Waals surface area (Å²) in [6.45, 7) is 2.59. The van der Waals surface area contributed by atoms with Crippen molar-refractivity contribution in [3.63, 3.8) is 0 Å². The first kappa shape index (κ1) is 29.5. The number of rotatable bonds is 4. The SMILES string of the molecule is Cc1cc(N)nc(-c2c(Cl)c3c4c(nc(OC[C@@]56CCCN5C[C@H](F)C6)nc4c2F)N(C)C2(CCC2)CCO3)c1C(F)(F)F. The van der Waals surface area contributed by atoms with Gasteiger partial charge in [-0.25, -0.2) is 13.8 Å². The number of nitrogens with zero attached hydrogens (tertiary/aromatic N) is 5. The average Bonchev–Trinajstić information content (AvgIpc) is 3.43. The largest absolute Gasteiger partial charge is 0.491 e. The zero-order chi connectivity index (χ0) is 31.2. The summed E-state index contributed by atoms with van der Waals surface area (Å²) < 4.78 is 86.5. The lowest BCUT2D eigenvalue weighted by Gasteiger charge is -2.50. The summed E-state index contributed by atoms with van der Waals surface area (Å²) in [6, 6.07) is 0.911. The highest BCUT2D eigenvalue weighted by molar-refractivity contribution is 6.36. The predicted octanol–water partition coefficient (Wildman–Crippen LogP) is 6.49. The molecule has 1 spiro atoms. The lowest BCUT2D eigenvalue weighted by atomic mass is 9.73. The maximum Gasteiger partial charge on any atom is 0.418 e. The van der Waals surface area contributed by atoms with Gasteiger partial charge in [0.2, 0.25) is 0 Å². The predicted molar refractivity (Wildman–Crippen MR) is 156 cm³/mol. The number of pyridine rings is 1. The van der Waals surface area contributed by atoms with E-state index in [1.54, 1.807) is 0 Å². The molecule has 8 nitrogen and oxygen atoms in total. The number of nitrogen functional groups attached to an aromatic ring is 1. The summed E-state index contributed by atoms with van der Waals surface area (Å²) in [5.74, 6) is -1.09. The van der Waals surface area contributed by atoms with Crippen LogP contribution in [0.1, 0.15) is 56.1 Å². The fourth-order valence-electron chi connectivity index (χ4n) is 7.68. The zero-order valence-electron chi connectivity index (χ0n) is 24.3. The molecule has 4 aliphatic rings. The molecule has 5 heterocycles. The van der Waals surface area contributed by atoms with E-state index in [-0.39, 0.29) is 57.8 Å². The molecule has 236 valence electrons. The van der Waals surface area contributed by atoms with Gasteiger partial charge in [0, 0.05) is 32.0 Å². The van der Waals surface area contributed by atoms with E-state index in [2.05, 4.69) is 14.9 Å². The molecule has 3 aromatic rings. The van der Waals surface area contributed by atoms with E-state index in [4.69, 9.17) is 31.8 Å². The topological polar surface area (TPSA) is 89.6 Å². The maximum atomic E-state index is 16.8. The van der Waals surface area contributed by atoms with E-state index in [0.717, 1.165) is 44.7 Å². The molecular weight excluding hydrogens is 607 g/mol. The Bertz CT molecular complexity index is 1670. The number of fused-ring (bicyclic) bond motifs is 1. The maximum absolute atomic E-state index is 16.8. The van der Waals surface area contributed by atoms with Crippen molar-refractivity contribution in [2.45, 2.75) is 75.3 Å². The van der Waals surface area contributed by atoms with Gasteiger partial charge in [-0.3, -0.25) is 4.90 Å². The average molecular weight is 639 g/mol. The second-order valence-electron chi connectivity index (χ2n) is 12.6. The molecule has 3 aliphatic heterocycles. The van der Waals surface area contributed by atoms with Crippen molar-refractivity contribution in [3.8, 4) is 23.0 Å². The Morgan fingerprint density at radius 2 is 1.93 bits per heavy atom. The smallest absolute Gasteiger partial charge is 0.418 e. The van der Waals surface area contributed by atoms with Crippen LogP contribution in [0.3, 0.4) is 0 Å². The third-order valence-corrected chi connectivity index (χ3v) is 10.4. The van der Waals surface area contributed by atoms with Gasteiger partial charge in [-0.1, -0.05) is 11.6 Å².